The van der Waals surface area contributed by atoms with Crippen LogP contribution in [-0.2, 0) is 6.42 Å². The lowest BCUT2D eigenvalue weighted by Crippen LogP contribution is -2.24. The summed E-state index contributed by atoms with van der Waals surface area (Å²) in [5.41, 5.74) is 8.30. The van der Waals surface area contributed by atoms with Gasteiger partial charge >= 0.3 is 6.01 Å². The molecule has 1 aliphatic rings. The lowest BCUT2D eigenvalue weighted by molar-refractivity contribution is 0.241. The summed E-state index contributed by atoms with van der Waals surface area (Å²) < 4.78 is 16.1. The van der Waals surface area contributed by atoms with Gasteiger partial charge in [0.05, 0.1) is 24.8 Å². The number of rotatable bonds is 4. The zero-order valence-corrected chi connectivity index (χ0v) is 13.1. The molecule has 1 aromatic heterocycles. The quantitative estimate of drug-likeness (QED) is 0.928. The third kappa shape index (κ3) is 2.55. The lowest BCUT2D eigenvalue weighted by Gasteiger charge is -2.11. The molecular weight excluding hydrogens is 306 g/mol. The molecule has 0 bridgehead atoms. The number of methoxy groups -OCH3 is 2. The number of nitrogens with zero attached hydrogens (tertiary/aromatic N) is 2. The second-order valence-electron chi connectivity index (χ2n) is 4.91. The molecule has 1 unspecified atom stereocenters. The average molecular weight is 322 g/mol. The van der Waals surface area contributed by atoms with E-state index in [4.69, 9.17) is 31.5 Å². The van der Waals surface area contributed by atoms with Crippen LogP contribution in [0.15, 0.2) is 18.3 Å². The largest absolute Gasteiger partial charge is 0.487 e. The van der Waals surface area contributed by atoms with Crippen molar-refractivity contribution in [2.45, 2.75) is 12.5 Å². The normalized spacial score (nSPS) is 16.1. The van der Waals surface area contributed by atoms with E-state index in [1.807, 2.05) is 12.1 Å². The van der Waals surface area contributed by atoms with Gasteiger partial charge in [-0.3, -0.25) is 0 Å². The van der Waals surface area contributed by atoms with E-state index >= 15 is 0 Å². The van der Waals surface area contributed by atoms with Crippen molar-refractivity contribution < 1.29 is 14.2 Å². The van der Waals surface area contributed by atoms with Gasteiger partial charge in [0.25, 0.3) is 0 Å². The maximum absolute atomic E-state index is 6.33. The van der Waals surface area contributed by atoms with Gasteiger partial charge in [0.15, 0.2) is 0 Å². The Morgan fingerprint density at radius 3 is 2.86 bits per heavy atom. The van der Waals surface area contributed by atoms with E-state index in [0.717, 1.165) is 23.1 Å². The van der Waals surface area contributed by atoms with E-state index < -0.39 is 0 Å². The number of hydrogen-bond donors (Lipinski definition) is 1. The van der Waals surface area contributed by atoms with Crippen molar-refractivity contribution >= 4 is 11.6 Å². The molecule has 0 amide bonds. The van der Waals surface area contributed by atoms with E-state index in [2.05, 4.69) is 9.97 Å². The SMILES string of the molecule is COc1ncc(-c2cc(Cl)c3c(c2)CC(CN)O3)c(OC)n1. The van der Waals surface area contributed by atoms with Gasteiger partial charge in [-0.25, -0.2) is 4.98 Å². The van der Waals surface area contributed by atoms with Gasteiger partial charge in [0.2, 0.25) is 5.88 Å². The number of ether oxygens (including phenoxy) is 3. The van der Waals surface area contributed by atoms with Crippen molar-refractivity contribution in [3.8, 4) is 28.8 Å². The van der Waals surface area contributed by atoms with Crippen LogP contribution in [0.5, 0.6) is 17.6 Å². The van der Waals surface area contributed by atoms with E-state index in [1.54, 1.807) is 13.3 Å². The van der Waals surface area contributed by atoms with E-state index in [9.17, 15) is 0 Å². The molecule has 0 radical (unpaired) electrons. The maximum Gasteiger partial charge on any atom is 0.319 e. The minimum absolute atomic E-state index is 0.0308. The molecule has 2 heterocycles. The highest BCUT2D eigenvalue weighted by Gasteiger charge is 2.25. The standard InChI is InChI=1S/C15H16ClN3O3/c1-20-14-11(7-18-15(19-14)21-2)8-3-9-4-10(6-17)22-13(9)12(16)5-8/h3,5,7,10H,4,6,17H2,1-2H3. The summed E-state index contributed by atoms with van der Waals surface area (Å²) in [6, 6.07) is 4.07. The predicted octanol–water partition coefficient (Wildman–Crippen LogP) is 2.08. The number of hydrogen-bond acceptors (Lipinski definition) is 6. The molecule has 0 spiro atoms. The first kappa shape index (κ1) is 14.9. The summed E-state index contributed by atoms with van der Waals surface area (Å²) in [4.78, 5) is 8.32. The summed E-state index contributed by atoms with van der Waals surface area (Å²) in [6.07, 6.45) is 2.36. The molecule has 6 nitrogen and oxygen atoms in total. The van der Waals surface area contributed by atoms with Gasteiger partial charge in [0, 0.05) is 24.7 Å². The zero-order chi connectivity index (χ0) is 15.7. The van der Waals surface area contributed by atoms with Crippen molar-refractivity contribution in [3.05, 3.63) is 28.9 Å². The third-order valence-corrected chi connectivity index (χ3v) is 3.81. The Balaban J connectivity index is 2.05. The minimum atomic E-state index is -0.0308. The maximum atomic E-state index is 6.33. The van der Waals surface area contributed by atoms with Crippen molar-refractivity contribution in [2.24, 2.45) is 5.73 Å². The van der Waals surface area contributed by atoms with Crippen molar-refractivity contribution in [1.29, 1.82) is 0 Å². The van der Waals surface area contributed by atoms with Crippen molar-refractivity contribution in [2.75, 3.05) is 20.8 Å². The Bertz CT molecular complexity index is 709. The van der Waals surface area contributed by atoms with Gasteiger partial charge in [-0.05, 0) is 17.7 Å². The van der Waals surface area contributed by atoms with E-state index in [-0.39, 0.29) is 12.1 Å². The van der Waals surface area contributed by atoms with Gasteiger partial charge in [-0.2, -0.15) is 4.98 Å². The van der Waals surface area contributed by atoms with Crippen LogP contribution in [0.3, 0.4) is 0 Å². The number of fused-ring (bicyclic) bond motifs is 1. The number of nitrogens with two attached hydrogens (primary N) is 1. The van der Waals surface area contributed by atoms with Gasteiger partial charge < -0.3 is 19.9 Å². The van der Waals surface area contributed by atoms with E-state index in [0.29, 0.717) is 23.2 Å². The van der Waals surface area contributed by atoms with Crippen LogP contribution < -0.4 is 19.9 Å². The van der Waals surface area contributed by atoms with Crippen LogP contribution in [-0.4, -0.2) is 36.8 Å². The summed E-state index contributed by atoms with van der Waals surface area (Å²) in [5, 5.41) is 0.543. The topological polar surface area (TPSA) is 79.5 Å². The Morgan fingerprint density at radius 2 is 2.18 bits per heavy atom. The van der Waals surface area contributed by atoms with Crippen LogP contribution in [0, 0.1) is 0 Å². The number of aromatic nitrogens is 2. The number of benzene rings is 1. The first-order valence-electron chi connectivity index (χ1n) is 6.80. The second-order valence-corrected chi connectivity index (χ2v) is 5.31. The summed E-state index contributed by atoms with van der Waals surface area (Å²) in [6.45, 7) is 0.454. The highest BCUT2D eigenvalue weighted by atomic mass is 35.5. The molecular formula is C15H16ClN3O3. The molecule has 22 heavy (non-hydrogen) atoms. The summed E-state index contributed by atoms with van der Waals surface area (Å²) in [7, 11) is 3.05. The predicted molar refractivity (Wildman–Crippen MR) is 82.8 cm³/mol. The lowest BCUT2D eigenvalue weighted by atomic mass is 10.0. The molecule has 0 fully saturated rings. The fourth-order valence-electron chi connectivity index (χ4n) is 2.48. The summed E-state index contributed by atoms with van der Waals surface area (Å²) in [5.74, 6) is 1.13. The fourth-order valence-corrected chi connectivity index (χ4v) is 2.76. The molecule has 0 saturated heterocycles. The van der Waals surface area contributed by atoms with Crippen molar-refractivity contribution in [3.63, 3.8) is 0 Å². The molecule has 0 aliphatic carbocycles. The van der Waals surface area contributed by atoms with Crippen LogP contribution in [0.2, 0.25) is 5.02 Å². The molecule has 3 rings (SSSR count). The van der Waals surface area contributed by atoms with Crippen molar-refractivity contribution in [1.82, 2.24) is 9.97 Å². The van der Waals surface area contributed by atoms with Crippen LogP contribution in [0.4, 0.5) is 0 Å². The third-order valence-electron chi connectivity index (χ3n) is 3.53. The molecule has 2 aromatic rings. The van der Waals surface area contributed by atoms with Crippen LogP contribution in [0.25, 0.3) is 11.1 Å². The Labute approximate surface area is 133 Å². The highest BCUT2D eigenvalue weighted by Crippen LogP contribution is 2.41. The highest BCUT2D eigenvalue weighted by molar-refractivity contribution is 6.32. The molecule has 7 heteroatoms. The minimum Gasteiger partial charge on any atom is -0.487 e. The first-order chi connectivity index (χ1) is 10.7. The Hall–Kier alpha value is -2.05. The molecule has 1 aromatic carbocycles. The Morgan fingerprint density at radius 1 is 1.36 bits per heavy atom. The monoisotopic (exact) mass is 321 g/mol. The van der Waals surface area contributed by atoms with Gasteiger partial charge in [-0.15, -0.1) is 0 Å². The summed E-state index contributed by atoms with van der Waals surface area (Å²) >= 11 is 6.33. The second kappa shape index (κ2) is 5.98. The first-order valence-corrected chi connectivity index (χ1v) is 7.18. The molecule has 2 N–H and O–H groups in total. The fraction of sp³-hybridized carbons (Fsp3) is 0.333. The molecule has 1 aliphatic heterocycles. The zero-order valence-electron chi connectivity index (χ0n) is 12.3. The molecule has 1 atom stereocenters. The average Bonchev–Trinajstić information content (AvgIpc) is 2.98. The van der Waals surface area contributed by atoms with Gasteiger partial charge in [0.1, 0.15) is 11.9 Å². The molecule has 0 saturated carbocycles. The Kier molecular flexibility index (Phi) is 4.04. The van der Waals surface area contributed by atoms with E-state index in [1.165, 1.54) is 7.11 Å². The van der Waals surface area contributed by atoms with Gasteiger partial charge in [-0.1, -0.05) is 11.6 Å². The number of halogens is 1. The van der Waals surface area contributed by atoms with Crippen LogP contribution in [0.1, 0.15) is 5.56 Å². The smallest absolute Gasteiger partial charge is 0.319 e. The van der Waals surface area contributed by atoms with Crippen LogP contribution >= 0.6 is 11.6 Å². The molecule has 116 valence electrons.